The highest BCUT2D eigenvalue weighted by Gasteiger charge is 2.18. The van der Waals surface area contributed by atoms with Gasteiger partial charge in [-0.05, 0) is 31.2 Å². The van der Waals surface area contributed by atoms with Crippen LogP contribution in [-0.4, -0.2) is 51.1 Å². The molecular weight excluding hydrogens is 381 g/mol. The van der Waals surface area contributed by atoms with E-state index >= 15 is 0 Å². The minimum atomic E-state index is -1.25. The summed E-state index contributed by atoms with van der Waals surface area (Å²) in [5.41, 5.74) is 0.246. The number of aromatic nitrogens is 4. The van der Waals surface area contributed by atoms with E-state index < -0.39 is 6.17 Å². The van der Waals surface area contributed by atoms with E-state index in [0.29, 0.717) is 25.0 Å². The molecule has 0 saturated carbocycles. The monoisotopic (exact) mass is 405 g/mol. The van der Waals surface area contributed by atoms with Crippen molar-refractivity contribution in [2.45, 2.75) is 44.9 Å². The number of nitrogens with one attached hydrogen (secondary N) is 1. The standard InChI is InChI=1S/C19H24FN5O4/c20-15(10-25-11-17(12-26)22-23-25)3-5-24-6-4-16(9-19(24)28)21-18(27)8-14-2-1-7-29-13-14/h4,6,9,11-12,14-15H,1-3,5,7-8,10,13H2,(H,21,27). The fourth-order valence-corrected chi connectivity index (χ4v) is 3.24. The van der Waals surface area contributed by atoms with Crippen molar-refractivity contribution < 1.29 is 18.7 Å². The van der Waals surface area contributed by atoms with Gasteiger partial charge in [-0.1, -0.05) is 5.21 Å². The zero-order valence-corrected chi connectivity index (χ0v) is 16.0. The van der Waals surface area contributed by atoms with Crippen molar-refractivity contribution in [1.82, 2.24) is 19.6 Å². The molecule has 0 radical (unpaired) electrons. The first-order valence-corrected chi connectivity index (χ1v) is 9.61. The SMILES string of the molecule is O=Cc1cn(CC(F)CCn2ccc(NC(=O)CC3CCCOC3)cc2=O)nn1. The summed E-state index contributed by atoms with van der Waals surface area (Å²) in [5.74, 6) is 0.0576. The van der Waals surface area contributed by atoms with Crippen LogP contribution in [-0.2, 0) is 22.6 Å². The topological polar surface area (TPSA) is 108 Å². The van der Waals surface area contributed by atoms with E-state index in [0.717, 1.165) is 19.4 Å². The number of carbonyl (C=O) groups is 2. The Bertz CT molecular complexity index is 891. The molecule has 9 nitrogen and oxygen atoms in total. The highest BCUT2D eigenvalue weighted by Crippen LogP contribution is 2.18. The van der Waals surface area contributed by atoms with E-state index in [1.807, 2.05) is 0 Å². The Morgan fingerprint density at radius 3 is 3.03 bits per heavy atom. The third kappa shape index (κ3) is 6.31. The molecule has 2 unspecified atom stereocenters. The van der Waals surface area contributed by atoms with Crippen molar-refractivity contribution in [3.8, 4) is 0 Å². The molecule has 1 aliphatic heterocycles. The Morgan fingerprint density at radius 1 is 1.48 bits per heavy atom. The molecule has 29 heavy (non-hydrogen) atoms. The van der Waals surface area contributed by atoms with Gasteiger partial charge < -0.3 is 14.6 Å². The molecular formula is C19H24FN5O4. The largest absolute Gasteiger partial charge is 0.381 e. The molecule has 2 aromatic rings. The lowest BCUT2D eigenvalue weighted by molar-refractivity contribution is -0.118. The second-order valence-electron chi connectivity index (χ2n) is 7.15. The number of amides is 1. The molecule has 10 heteroatoms. The fourth-order valence-electron chi connectivity index (χ4n) is 3.24. The highest BCUT2D eigenvalue weighted by atomic mass is 19.1. The molecule has 2 aromatic heterocycles. The maximum atomic E-state index is 14.1. The molecule has 0 spiro atoms. The Kier molecular flexibility index (Phi) is 7.23. The maximum absolute atomic E-state index is 14.1. The zero-order valence-electron chi connectivity index (χ0n) is 16.0. The first-order chi connectivity index (χ1) is 14.0. The predicted octanol–water partition coefficient (Wildman–Crippen LogP) is 1.44. The lowest BCUT2D eigenvalue weighted by Crippen LogP contribution is -2.25. The summed E-state index contributed by atoms with van der Waals surface area (Å²) in [7, 11) is 0. The van der Waals surface area contributed by atoms with Crippen molar-refractivity contribution in [3.05, 3.63) is 40.6 Å². The normalized spacial score (nSPS) is 17.6. The zero-order chi connectivity index (χ0) is 20.6. The van der Waals surface area contributed by atoms with E-state index in [2.05, 4.69) is 15.6 Å². The second kappa shape index (κ2) is 10.1. The summed E-state index contributed by atoms with van der Waals surface area (Å²) in [6.45, 7) is 1.47. The van der Waals surface area contributed by atoms with Gasteiger partial charge in [-0.15, -0.1) is 5.10 Å². The van der Waals surface area contributed by atoms with Gasteiger partial charge in [0.05, 0.1) is 12.7 Å². The summed E-state index contributed by atoms with van der Waals surface area (Å²) < 4.78 is 22.1. The second-order valence-corrected chi connectivity index (χ2v) is 7.15. The number of rotatable bonds is 9. The smallest absolute Gasteiger partial charge is 0.252 e. The molecule has 0 aliphatic carbocycles. The van der Waals surface area contributed by atoms with Crippen LogP contribution in [0.2, 0.25) is 0 Å². The van der Waals surface area contributed by atoms with Gasteiger partial charge >= 0.3 is 0 Å². The average molecular weight is 405 g/mol. The Hall–Kier alpha value is -2.88. The minimum absolute atomic E-state index is 0.0470. The van der Waals surface area contributed by atoms with Gasteiger partial charge in [0.25, 0.3) is 5.56 Å². The lowest BCUT2D eigenvalue weighted by atomic mass is 9.98. The van der Waals surface area contributed by atoms with Gasteiger partial charge in [-0.25, -0.2) is 9.07 Å². The van der Waals surface area contributed by atoms with Crippen LogP contribution in [0.15, 0.2) is 29.3 Å². The lowest BCUT2D eigenvalue weighted by Gasteiger charge is -2.21. The van der Waals surface area contributed by atoms with Gasteiger partial charge in [0, 0.05) is 44.1 Å². The van der Waals surface area contributed by atoms with Crippen LogP contribution in [0.3, 0.4) is 0 Å². The molecule has 1 N–H and O–H groups in total. The quantitative estimate of drug-likeness (QED) is 0.633. The molecule has 3 heterocycles. The van der Waals surface area contributed by atoms with Crippen LogP contribution in [0.1, 0.15) is 36.2 Å². The van der Waals surface area contributed by atoms with Crippen molar-refractivity contribution in [3.63, 3.8) is 0 Å². The molecule has 156 valence electrons. The van der Waals surface area contributed by atoms with Gasteiger partial charge in [-0.3, -0.25) is 14.4 Å². The van der Waals surface area contributed by atoms with Gasteiger partial charge in [0.15, 0.2) is 6.29 Å². The number of pyridine rings is 1. The number of hydrogen-bond acceptors (Lipinski definition) is 6. The number of carbonyl (C=O) groups excluding carboxylic acids is 2. The molecule has 2 atom stereocenters. The number of anilines is 1. The molecule has 1 aliphatic rings. The van der Waals surface area contributed by atoms with Gasteiger partial charge in [0.1, 0.15) is 11.9 Å². The number of alkyl halides is 1. The maximum Gasteiger partial charge on any atom is 0.252 e. The molecule has 0 bridgehead atoms. The van der Waals surface area contributed by atoms with Gasteiger partial charge in [-0.2, -0.15) is 0 Å². The molecule has 3 rings (SSSR count). The number of aldehydes is 1. The molecule has 0 aromatic carbocycles. The van der Waals surface area contributed by atoms with Crippen molar-refractivity contribution in [1.29, 1.82) is 0 Å². The third-order valence-corrected chi connectivity index (χ3v) is 4.75. The van der Waals surface area contributed by atoms with E-state index in [1.54, 1.807) is 6.07 Å². The predicted molar refractivity (Wildman–Crippen MR) is 102 cm³/mol. The van der Waals surface area contributed by atoms with E-state index in [-0.39, 0.29) is 42.6 Å². The first kappa shape index (κ1) is 20.8. The van der Waals surface area contributed by atoms with Crippen molar-refractivity contribution in [2.75, 3.05) is 18.5 Å². The van der Waals surface area contributed by atoms with E-state index in [4.69, 9.17) is 4.74 Å². The van der Waals surface area contributed by atoms with Crippen LogP contribution in [0.4, 0.5) is 10.1 Å². The molecule has 1 fully saturated rings. The third-order valence-electron chi connectivity index (χ3n) is 4.75. The molecule has 1 amide bonds. The Morgan fingerprint density at radius 2 is 2.34 bits per heavy atom. The Labute approximate surface area is 166 Å². The van der Waals surface area contributed by atoms with E-state index in [9.17, 15) is 18.8 Å². The number of hydrogen-bond donors (Lipinski definition) is 1. The number of ether oxygens (including phenoxy) is 1. The van der Waals surface area contributed by atoms with Crippen LogP contribution in [0.5, 0.6) is 0 Å². The van der Waals surface area contributed by atoms with Crippen molar-refractivity contribution in [2.24, 2.45) is 5.92 Å². The Balaban J connectivity index is 1.47. The number of aryl methyl sites for hydroxylation is 1. The summed E-state index contributed by atoms with van der Waals surface area (Å²) in [5, 5.41) is 9.96. The van der Waals surface area contributed by atoms with Crippen LogP contribution in [0.25, 0.3) is 0 Å². The van der Waals surface area contributed by atoms with Gasteiger partial charge in [0.2, 0.25) is 5.91 Å². The minimum Gasteiger partial charge on any atom is -0.381 e. The van der Waals surface area contributed by atoms with Crippen molar-refractivity contribution >= 4 is 17.9 Å². The summed E-state index contributed by atoms with van der Waals surface area (Å²) in [6.07, 6.45) is 4.57. The average Bonchev–Trinajstić information content (AvgIpc) is 3.15. The van der Waals surface area contributed by atoms with Crippen LogP contribution < -0.4 is 10.9 Å². The fraction of sp³-hybridized carbons (Fsp3) is 0.526. The number of halogens is 1. The van der Waals surface area contributed by atoms with Crippen LogP contribution >= 0.6 is 0 Å². The summed E-state index contributed by atoms with van der Waals surface area (Å²) in [4.78, 5) is 34.9. The van der Waals surface area contributed by atoms with Crippen LogP contribution in [0, 0.1) is 5.92 Å². The highest BCUT2D eigenvalue weighted by molar-refractivity contribution is 5.90. The first-order valence-electron chi connectivity index (χ1n) is 9.61. The summed E-state index contributed by atoms with van der Waals surface area (Å²) >= 11 is 0. The van der Waals surface area contributed by atoms with E-state index in [1.165, 1.54) is 27.7 Å². The number of nitrogens with zero attached hydrogens (tertiary/aromatic N) is 4. The molecule has 1 saturated heterocycles. The summed E-state index contributed by atoms with van der Waals surface area (Å²) in [6, 6.07) is 2.95.